The highest BCUT2D eigenvalue weighted by Gasteiger charge is 2.32. The van der Waals surface area contributed by atoms with Gasteiger partial charge in [0.05, 0.1) is 34.9 Å². The second kappa shape index (κ2) is 14.0. The van der Waals surface area contributed by atoms with Crippen molar-refractivity contribution in [2.75, 3.05) is 39.5 Å². The Hall–Kier alpha value is -3.60. The smallest absolute Gasteiger partial charge is 0.266 e. The summed E-state index contributed by atoms with van der Waals surface area (Å²) in [7, 11) is 0. The van der Waals surface area contributed by atoms with E-state index in [4.69, 9.17) is 19.2 Å². The number of morpholine rings is 1. The third-order valence-corrected chi connectivity index (χ3v) is 8.27. The number of benzene rings is 3. The summed E-state index contributed by atoms with van der Waals surface area (Å²) >= 11 is 4.95. The largest absolute Gasteiger partial charge is 0.490 e. The van der Waals surface area contributed by atoms with Crippen molar-refractivity contribution in [2.24, 2.45) is 4.99 Å². The number of amides is 2. The van der Waals surface area contributed by atoms with Crippen molar-refractivity contribution in [3.05, 3.63) is 92.8 Å². The van der Waals surface area contributed by atoms with E-state index < -0.39 is 0 Å². The summed E-state index contributed by atoms with van der Waals surface area (Å²) < 4.78 is 18.1. The minimum absolute atomic E-state index is 0.0460. The van der Waals surface area contributed by atoms with Gasteiger partial charge in [0.25, 0.3) is 11.8 Å². The molecular formula is C32H32BrN3O5S. The fourth-order valence-corrected chi connectivity index (χ4v) is 6.23. The summed E-state index contributed by atoms with van der Waals surface area (Å²) in [6.07, 6.45) is 1.84. The van der Waals surface area contributed by atoms with E-state index in [-0.39, 0.29) is 11.8 Å². The molecule has 2 heterocycles. The summed E-state index contributed by atoms with van der Waals surface area (Å²) in [6.45, 7) is 7.39. The lowest BCUT2D eigenvalue weighted by atomic mass is 10.1. The lowest BCUT2D eigenvalue weighted by Crippen LogP contribution is -2.40. The van der Waals surface area contributed by atoms with E-state index in [1.807, 2.05) is 74.5 Å². The summed E-state index contributed by atoms with van der Waals surface area (Å²) in [4.78, 5) is 35.1. The molecule has 2 fully saturated rings. The van der Waals surface area contributed by atoms with Crippen LogP contribution in [0.1, 0.15) is 35.3 Å². The molecule has 2 saturated heterocycles. The van der Waals surface area contributed by atoms with E-state index >= 15 is 0 Å². The quantitative estimate of drug-likeness (QED) is 0.246. The molecular weight excluding hydrogens is 618 g/mol. The highest BCUT2D eigenvalue weighted by Crippen LogP contribution is 2.40. The average Bonchev–Trinajstić information content (AvgIpc) is 3.30. The highest BCUT2D eigenvalue weighted by atomic mass is 79.9. The van der Waals surface area contributed by atoms with Gasteiger partial charge in [0.15, 0.2) is 16.7 Å². The van der Waals surface area contributed by atoms with E-state index in [0.29, 0.717) is 78.9 Å². The van der Waals surface area contributed by atoms with E-state index in [2.05, 4.69) is 15.9 Å². The zero-order chi connectivity index (χ0) is 29.5. The minimum Gasteiger partial charge on any atom is -0.490 e. The zero-order valence-corrected chi connectivity index (χ0v) is 25.9. The summed E-state index contributed by atoms with van der Waals surface area (Å²) in [5.41, 5.74) is 3.03. The van der Waals surface area contributed by atoms with Gasteiger partial charge in [-0.1, -0.05) is 36.4 Å². The van der Waals surface area contributed by atoms with Crippen LogP contribution >= 0.6 is 27.7 Å². The van der Waals surface area contributed by atoms with Gasteiger partial charge in [0, 0.05) is 25.2 Å². The lowest BCUT2D eigenvalue weighted by Gasteiger charge is -2.26. The first kappa shape index (κ1) is 29.9. The van der Waals surface area contributed by atoms with Crippen LogP contribution in [0.5, 0.6) is 11.5 Å². The predicted molar refractivity (Wildman–Crippen MR) is 169 cm³/mol. The van der Waals surface area contributed by atoms with Crippen molar-refractivity contribution in [1.82, 2.24) is 9.80 Å². The van der Waals surface area contributed by atoms with Gasteiger partial charge in [-0.2, -0.15) is 0 Å². The molecule has 0 aliphatic carbocycles. The van der Waals surface area contributed by atoms with Crippen molar-refractivity contribution >= 4 is 56.4 Å². The molecule has 2 aliphatic heterocycles. The van der Waals surface area contributed by atoms with Crippen molar-refractivity contribution in [3.63, 3.8) is 0 Å². The third-order valence-electron chi connectivity index (χ3n) is 6.68. The molecule has 3 aromatic rings. The number of carbonyl (C=O) groups excluding carboxylic acids is 2. The number of amidine groups is 1. The van der Waals surface area contributed by atoms with Crippen molar-refractivity contribution < 1.29 is 23.8 Å². The van der Waals surface area contributed by atoms with Crippen LogP contribution in [0.4, 0.5) is 5.69 Å². The molecule has 2 amide bonds. The summed E-state index contributed by atoms with van der Waals surface area (Å²) in [5, 5.41) is 0.566. The SMILES string of the molecule is CCOc1cc(/C=C2/SC(=Nc3cccc(C(=O)N4CCOCC4)c3)N(CC)C2=O)cc(Br)c1OCc1ccccc1. The van der Waals surface area contributed by atoms with Crippen LogP contribution in [-0.2, 0) is 16.1 Å². The Labute approximate surface area is 258 Å². The first-order valence-electron chi connectivity index (χ1n) is 13.9. The average molecular weight is 651 g/mol. The van der Waals surface area contributed by atoms with Gasteiger partial charge in [-0.15, -0.1) is 0 Å². The zero-order valence-electron chi connectivity index (χ0n) is 23.5. The highest BCUT2D eigenvalue weighted by molar-refractivity contribution is 9.10. The molecule has 5 rings (SSSR count). The molecule has 8 nitrogen and oxygen atoms in total. The number of carbonyl (C=O) groups is 2. The number of aliphatic imine (C=N–C) groups is 1. The molecule has 218 valence electrons. The van der Waals surface area contributed by atoms with Crippen molar-refractivity contribution in [2.45, 2.75) is 20.5 Å². The lowest BCUT2D eigenvalue weighted by molar-refractivity contribution is -0.122. The maximum atomic E-state index is 13.4. The Balaban J connectivity index is 1.38. The van der Waals surface area contributed by atoms with Crippen molar-refractivity contribution in [1.29, 1.82) is 0 Å². The minimum atomic E-state index is -0.125. The molecule has 3 aromatic carbocycles. The Bertz CT molecular complexity index is 1510. The number of hydrogen-bond donors (Lipinski definition) is 0. The second-order valence-corrected chi connectivity index (χ2v) is 11.4. The molecule has 0 aromatic heterocycles. The first-order valence-corrected chi connectivity index (χ1v) is 15.5. The number of halogens is 1. The van der Waals surface area contributed by atoms with E-state index in [1.165, 1.54) is 11.8 Å². The van der Waals surface area contributed by atoms with Crippen LogP contribution in [0.25, 0.3) is 6.08 Å². The van der Waals surface area contributed by atoms with Gasteiger partial charge in [-0.3, -0.25) is 14.5 Å². The molecule has 0 atom stereocenters. The molecule has 10 heteroatoms. The molecule has 0 N–H and O–H groups in total. The van der Waals surface area contributed by atoms with Crippen LogP contribution in [0.2, 0.25) is 0 Å². The number of likely N-dealkylation sites (N-methyl/N-ethyl adjacent to an activating group) is 1. The number of hydrogen-bond acceptors (Lipinski definition) is 7. The fraction of sp³-hybridized carbons (Fsp3) is 0.281. The fourth-order valence-electron chi connectivity index (χ4n) is 4.59. The molecule has 0 spiro atoms. The molecule has 0 radical (unpaired) electrons. The van der Waals surface area contributed by atoms with Crippen LogP contribution in [0, 0.1) is 0 Å². The van der Waals surface area contributed by atoms with Crippen LogP contribution in [0.3, 0.4) is 0 Å². The topological polar surface area (TPSA) is 80.7 Å². The third kappa shape index (κ3) is 7.06. The number of nitrogens with zero attached hydrogens (tertiary/aromatic N) is 3. The van der Waals surface area contributed by atoms with Gasteiger partial charge in [-0.25, -0.2) is 4.99 Å². The molecule has 42 heavy (non-hydrogen) atoms. The molecule has 0 saturated carbocycles. The Kier molecular flexibility index (Phi) is 9.99. The predicted octanol–water partition coefficient (Wildman–Crippen LogP) is 6.52. The summed E-state index contributed by atoms with van der Waals surface area (Å²) in [5.74, 6) is 1.03. The molecule has 0 bridgehead atoms. The van der Waals surface area contributed by atoms with Crippen molar-refractivity contribution in [3.8, 4) is 11.5 Å². The molecule has 0 unspecified atom stereocenters. The van der Waals surface area contributed by atoms with E-state index in [0.717, 1.165) is 15.6 Å². The first-order chi connectivity index (χ1) is 20.5. The monoisotopic (exact) mass is 649 g/mol. The Morgan fingerprint density at radius 3 is 2.57 bits per heavy atom. The standard InChI is InChI=1S/C32H32BrN3O5S/c1-3-36-31(38)28(42-32(36)34-25-12-8-11-24(20-25)30(37)35-13-15-39-16-14-35)19-23-17-26(33)29(27(18-23)40-4-2)41-21-22-9-6-5-7-10-22/h5-12,17-20H,3-4,13-16,21H2,1-2H3/b28-19+,34-32?. The Morgan fingerprint density at radius 1 is 1.05 bits per heavy atom. The maximum Gasteiger partial charge on any atom is 0.266 e. The number of rotatable bonds is 9. The normalized spacial score (nSPS) is 17.3. The van der Waals surface area contributed by atoms with Gasteiger partial charge < -0.3 is 19.1 Å². The van der Waals surface area contributed by atoms with Gasteiger partial charge in [0.2, 0.25) is 0 Å². The summed E-state index contributed by atoms with van der Waals surface area (Å²) in [6, 6.07) is 20.9. The van der Waals surface area contributed by atoms with Gasteiger partial charge in [-0.05, 0) is 89.1 Å². The number of ether oxygens (including phenoxy) is 3. The van der Waals surface area contributed by atoms with E-state index in [1.54, 1.807) is 21.9 Å². The van der Waals surface area contributed by atoms with Crippen LogP contribution in [0.15, 0.2) is 81.1 Å². The molecule has 2 aliphatic rings. The van der Waals surface area contributed by atoms with E-state index in [9.17, 15) is 9.59 Å². The maximum absolute atomic E-state index is 13.4. The van der Waals surface area contributed by atoms with Crippen LogP contribution < -0.4 is 9.47 Å². The van der Waals surface area contributed by atoms with Gasteiger partial charge >= 0.3 is 0 Å². The Morgan fingerprint density at radius 2 is 1.83 bits per heavy atom. The van der Waals surface area contributed by atoms with Gasteiger partial charge in [0.1, 0.15) is 6.61 Å². The van der Waals surface area contributed by atoms with Crippen LogP contribution in [-0.4, -0.2) is 66.2 Å². The number of thioether (sulfide) groups is 1. The second-order valence-electron chi connectivity index (χ2n) is 9.55.